The monoisotopic (exact) mass is 569 g/mol. The predicted octanol–water partition coefficient (Wildman–Crippen LogP) is 9.70. The molecule has 41 heavy (non-hydrogen) atoms. The molecule has 7 nitrogen and oxygen atoms in total. The van der Waals surface area contributed by atoms with Crippen molar-refractivity contribution in [1.82, 2.24) is 0 Å². The minimum Gasteiger partial charge on any atom is -0.507 e. The predicted molar refractivity (Wildman–Crippen MR) is 163 cm³/mol. The van der Waals surface area contributed by atoms with Crippen molar-refractivity contribution in [2.75, 3.05) is 6.61 Å². The Balaban J connectivity index is 1.37. The van der Waals surface area contributed by atoms with E-state index in [4.69, 9.17) is 21.1 Å². The first-order valence-electron chi connectivity index (χ1n) is 13.5. The van der Waals surface area contributed by atoms with E-state index in [1.165, 1.54) is 12.8 Å². The fourth-order valence-corrected chi connectivity index (χ4v) is 4.06. The standard InChI is InChI=1S/C33H32ClN3O4/c1-3-4-5-6-20-40-29-17-10-24(32(38)21-29)22-35-31-9-7-8-30(23(31)2)33(39)41-28-18-15-27(16-19-28)37-36-26-13-11-25(34)12-14-26/h7-19,21-22,38H,3-6,20H2,1-2H3. The van der Waals surface area contributed by atoms with Gasteiger partial charge in [-0.15, -0.1) is 0 Å². The van der Waals surface area contributed by atoms with E-state index in [9.17, 15) is 9.90 Å². The van der Waals surface area contributed by atoms with Crippen molar-refractivity contribution < 1.29 is 19.4 Å². The van der Waals surface area contributed by atoms with Gasteiger partial charge in [0.1, 0.15) is 17.2 Å². The summed E-state index contributed by atoms with van der Waals surface area (Å²) < 4.78 is 11.3. The molecule has 0 aliphatic rings. The molecule has 0 saturated carbocycles. The zero-order chi connectivity index (χ0) is 29.0. The summed E-state index contributed by atoms with van der Waals surface area (Å²) in [5.74, 6) is 0.573. The van der Waals surface area contributed by atoms with Gasteiger partial charge in [0.05, 0.1) is 29.2 Å². The molecular weight excluding hydrogens is 538 g/mol. The van der Waals surface area contributed by atoms with Crippen molar-refractivity contribution >= 4 is 40.8 Å². The minimum atomic E-state index is -0.502. The van der Waals surface area contributed by atoms with Gasteiger partial charge in [0.25, 0.3) is 0 Å². The Hall–Kier alpha value is -4.49. The molecule has 0 bridgehead atoms. The van der Waals surface area contributed by atoms with Crippen LogP contribution in [0.3, 0.4) is 0 Å². The number of hydrogen-bond donors (Lipinski definition) is 1. The number of nitrogens with zero attached hydrogens (tertiary/aromatic N) is 3. The van der Waals surface area contributed by atoms with E-state index in [1.807, 2.05) is 6.07 Å². The van der Waals surface area contributed by atoms with E-state index in [0.29, 0.717) is 56.9 Å². The lowest BCUT2D eigenvalue weighted by atomic mass is 10.1. The largest absolute Gasteiger partial charge is 0.507 e. The highest BCUT2D eigenvalue weighted by atomic mass is 35.5. The molecule has 4 aromatic rings. The fourth-order valence-electron chi connectivity index (χ4n) is 3.93. The molecule has 0 aliphatic heterocycles. The second-order valence-electron chi connectivity index (χ2n) is 9.40. The highest BCUT2D eigenvalue weighted by Gasteiger charge is 2.14. The molecule has 4 rings (SSSR count). The van der Waals surface area contributed by atoms with Crippen molar-refractivity contribution in [2.45, 2.75) is 39.5 Å². The summed E-state index contributed by atoms with van der Waals surface area (Å²) in [6, 6.07) is 24.2. The molecule has 0 atom stereocenters. The van der Waals surface area contributed by atoms with Gasteiger partial charge in [-0.3, -0.25) is 4.99 Å². The van der Waals surface area contributed by atoms with Crippen LogP contribution in [0.15, 0.2) is 100 Å². The lowest BCUT2D eigenvalue weighted by molar-refractivity contribution is 0.0734. The van der Waals surface area contributed by atoms with E-state index in [-0.39, 0.29) is 5.75 Å². The molecule has 210 valence electrons. The van der Waals surface area contributed by atoms with Gasteiger partial charge in [-0.2, -0.15) is 10.2 Å². The Morgan fingerprint density at radius 1 is 0.878 bits per heavy atom. The molecule has 0 aromatic heterocycles. The van der Waals surface area contributed by atoms with Gasteiger partial charge >= 0.3 is 5.97 Å². The molecule has 0 aliphatic carbocycles. The van der Waals surface area contributed by atoms with E-state index >= 15 is 0 Å². The lowest BCUT2D eigenvalue weighted by Crippen LogP contribution is -2.10. The lowest BCUT2D eigenvalue weighted by Gasteiger charge is -2.09. The van der Waals surface area contributed by atoms with Crippen molar-refractivity contribution in [3.05, 3.63) is 107 Å². The van der Waals surface area contributed by atoms with Crippen LogP contribution >= 0.6 is 11.6 Å². The Kier molecular flexibility index (Phi) is 10.6. The number of carbonyl (C=O) groups is 1. The molecule has 0 amide bonds. The molecule has 4 aromatic carbocycles. The van der Waals surface area contributed by atoms with Gasteiger partial charge in [0.2, 0.25) is 0 Å². The second-order valence-corrected chi connectivity index (χ2v) is 9.83. The third-order valence-electron chi connectivity index (χ3n) is 6.29. The van der Waals surface area contributed by atoms with Crippen LogP contribution in [0.5, 0.6) is 17.2 Å². The number of esters is 1. The Bertz CT molecular complexity index is 1520. The Morgan fingerprint density at radius 3 is 2.24 bits per heavy atom. The van der Waals surface area contributed by atoms with Crippen LogP contribution in [0.4, 0.5) is 17.1 Å². The second kappa shape index (κ2) is 14.8. The Labute approximate surface area is 245 Å². The number of aliphatic imine (C=N–C) groups is 1. The number of benzene rings is 4. The molecule has 0 spiro atoms. The van der Waals surface area contributed by atoms with Crippen molar-refractivity contribution in [1.29, 1.82) is 0 Å². The number of unbranched alkanes of at least 4 members (excludes halogenated alkanes) is 3. The van der Waals surface area contributed by atoms with Gasteiger partial charge in [-0.25, -0.2) is 4.79 Å². The minimum absolute atomic E-state index is 0.0733. The number of hydrogen-bond acceptors (Lipinski definition) is 7. The maximum absolute atomic E-state index is 12.9. The summed E-state index contributed by atoms with van der Waals surface area (Å²) in [4.78, 5) is 17.5. The van der Waals surface area contributed by atoms with Gasteiger partial charge in [0.15, 0.2) is 0 Å². The van der Waals surface area contributed by atoms with Gasteiger partial charge < -0.3 is 14.6 Å². The molecule has 0 radical (unpaired) electrons. The molecule has 8 heteroatoms. The fraction of sp³-hybridized carbons (Fsp3) is 0.212. The number of ether oxygens (including phenoxy) is 2. The zero-order valence-electron chi connectivity index (χ0n) is 23.1. The quantitative estimate of drug-likeness (QED) is 0.0604. The molecule has 0 saturated heterocycles. The number of azo groups is 1. The maximum atomic E-state index is 12.9. The van der Waals surface area contributed by atoms with Gasteiger partial charge in [0, 0.05) is 22.9 Å². The van der Waals surface area contributed by atoms with Crippen LogP contribution < -0.4 is 9.47 Å². The number of aromatic hydroxyl groups is 1. The highest BCUT2D eigenvalue weighted by Crippen LogP contribution is 2.27. The summed E-state index contributed by atoms with van der Waals surface area (Å²) in [7, 11) is 0. The van der Waals surface area contributed by atoms with E-state index in [2.05, 4.69) is 22.1 Å². The van der Waals surface area contributed by atoms with Crippen LogP contribution in [0, 0.1) is 6.92 Å². The number of halogens is 1. The van der Waals surface area contributed by atoms with E-state index in [1.54, 1.807) is 92.0 Å². The molecular formula is C33H32ClN3O4. The molecule has 0 unspecified atom stereocenters. The SMILES string of the molecule is CCCCCCOc1ccc(C=Nc2cccc(C(=O)Oc3ccc(N=Nc4ccc(Cl)cc4)cc3)c2C)c(O)c1. The van der Waals surface area contributed by atoms with Crippen LogP contribution in [0.2, 0.25) is 5.02 Å². The van der Waals surface area contributed by atoms with E-state index < -0.39 is 5.97 Å². The van der Waals surface area contributed by atoms with Gasteiger partial charge in [-0.05, 0) is 91.7 Å². The normalized spacial score (nSPS) is 11.3. The first-order valence-corrected chi connectivity index (χ1v) is 13.9. The Morgan fingerprint density at radius 2 is 1.56 bits per heavy atom. The zero-order valence-corrected chi connectivity index (χ0v) is 23.8. The third kappa shape index (κ3) is 8.75. The highest BCUT2D eigenvalue weighted by molar-refractivity contribution is 6.30. The number of phenols is 1. The summed E-state index contributed by atoms with van der Waals surface area (Å²) in [6.45, 7) is 4.59. The first-order chi connectivity index (χ1) is 19.9. The maximum Gasteiger partial charge on any atom is 0.343 e. The molecule has 0 fully saturated rings. The van der Waals surface area contributed by atoms with Gasteiger partial charge in [-0.1, -0.05) is 43.9 Å². The summed E-state index contributed by atoms with van der Waals surface area (Å²) in [6.07, 6.45) is 6.04. The number of phenolic OH excluding ortho intramolecular Hbond substituents is 1. The van der Waals surface area contributed by atoms with Crippen LogP contribution in [-0.4, -0.2) is 23.9 Å². The third-order valence-corrected chi connectivity index (χ3v) is 6.54. The number of carbonyl (C=O) groups excluding carboxylic acids is 1. The van der Waals surface area contributed by atoms with Crippen molar-refractivity contribution in [3.63, 3.8) is 0 Å². The molecule has 0 heterocycles. The average Bonchev–Trinajstić information content (AvgIpc) is 2.97. The van der Waals surface area contributed by atoms with Crippen LogP contribution in [0.1, 0.15) is 54.1 Å². The van der Waals surface area contributed by atoms with Crippen molar-refractivity contribution in [3.8, 4) is 17.2 Å². The van der Waals surface area contributed by atoms with Crippen molar-refractivity contribution in [2.24, 2.45) is 15.2 Å². The average molecular weight is 570 g/mol. The summed E-state index contributed by atoms with van der Waals surface area (Å²) in [5.41, 5.74) is 3.48. The smallest absolute Gasteiger partial charge is 0.343 e. The van der Waals surface area contributed by atoms with Crippen LogP contribution in [-0.2, 0) is 0 Å². The van der Waals surface area contributed by atoms with Crippen LogP contribution in [0.25, 0.3) is 0 Å². The summed E-state index contributed by atoms with van der Waals surface area (Å²) >= 11 is 5.89. The molecule has 1 N–H and O–H groups in total. The topological polar surface area (TPSA) is 92.8 Å². The van der Waals surface area contributed by atoms with E-state index in [0.717, 1.165) is 12.8 Å². The number of rotatable bonds is 12. The summed E-state index contributed by atoms with van der Waals surface area (Å²) in [5, 5.41) is 19.4. The first kappa shape index (κ1) is 29.5.